The lowest BCUT2D eigenvalue weighted by Crippen LogP contribution is -2.29. The van der Waals surface area contributed by atoms with Crippen LogP contribution in [0.5, 0.6) is 0 Å². The minimum absolute atomic E-state index is 0.320. The van der Waals surface area contributed by atoms with E-state index in [1.807, 2.05) is 60.7 Å². The number of carbonyl (C=O) groups is 1. The zero-order valence-electron chi connectivity index (χ0n) is 12.3. The molecule has 1 heterocycles. The minimum atomic E-state index is -0.738. The summed E-state index contributed by atoms with van der Waals surface area (Å²) in [5.74, 6) is 0.0959. The Labute approximate surface area is 129 Å². The van der Waals surface area contributed by atoms with E-state index in [0.717, 1.165) is 11.1 Å². The highest BCUT2D eigenvalue weighted by atomic mass is 16.6. The predicted molar refractivity (Wildman–Crippen MR) is 83.7 cm³/mol. The molecular weight excluding hydrogens is 278 g/mol. The normalized spacial score (nSPS) is 20.1. The molecule has 2 aromatic rings. The van der Waals surface area contributed by atoms with Gasteiger partial charge in [-0.2, -0.15) is 0 Å². The topological polar surface area (TPSA) is 47.9 Å². The van der Waals surface area contributed by atoms with Gasteiger partial charge in [-0.05, 0) is 24.6 Å². The van der Waals surface area contributed by atoms with Gasteiger partial charge in [-0.1, -0.05) is 48.5 Å². The van der Waals surface area contributed by atoms with Crippen molar-refractivity contribution >= 4 is 11.9 Å². The number of hydrogen-bond acceptors (Lipinski definition) is 4. The summed E-state index contributed by atoms with van der Waals surface area (Å²) in [5, 5.41) is 0. The average Bonchev–Trinajstić information content (AvgIpc) is 3.02. The summed E-state index contributed by atoms with van der Waals surface area (Å²) >= 11 is 0. The van der Waals surface area contributed by atoms with Crippen LogP contribution in [0.3, 0.4) is 0 Å². The van der Waals surface area contributed by atoms with Gasteiger partial charge in [-0.15, -0.1) is 0 Å². The number of nitrogens with zero attached hydrogens (tertiary/aromatic N) is 1. The van der Waals surface area contributed by atoms with E-state index in [1.54, 1.807) is 6.92 Å². The first-order valence-corrected chi connectivity index (χ1v) is 7.31. The number of carbonyl (C=O) groups excluding carboxylic acids is 1. The summed E-state index contributed by atoms with van der Waals surface area (Å²) in [6, 6.07) is 18.9. The maximum absolute atomic E-state index is 12.2. The molecule has 0 saturated carbocycles. The number of aliphatic imine (C=N–C) groups is 1. The number of esters is 1. The first kappa shape index (κ1) is 14.3. The third-order valence-electron chi connectivity index (χ3n) is 3.46. The van der Waals surface area contributed by atoms with Gasteiger partial charge in [0.2, 0.25) is 12.0 Å². The number of benzene rings is 2. The van der Waals surface area contributed by atoms with Gasteiger partial charge in [0.25, 0.3) is 0 Å². The summed E-state index contributed by atoms with van der Waals surface area (Å²) < 4.78 is 10.9. The molecule has 0 N–H and O–H groups in total. The van der Waals surface area contributed by atoms with Crippen molar-refractivity contribution in [1.29, 1.82) is 0 Å². The molecule has 0 amide bonds. The lowest BCUT2D eigenvalue weighted by Gasteiger charge is -2.16. The Bertz CT molecular complexity index is 667. The highest BCUT2D eigenvalue weighted by Crippen LogP contribution is 2.31. The highest BCUT2D eigenvalue weighted by Gasteiger charge is 2.39. The van der Waals surface area contributed by atoms with Crippen molar-refractivity contribution < 1.29 is 14.3 Å². The van der Waals surface area contributed by atoms with Gasteiger partial charge in [0.05, 0.1) is 6.61 Å². The Hall–Kier alpha value is -2.62. The fourth-order valence-corrected chi connectivity index (χ4v) is 2.43. The molecule has 0 spiro atoms. The fraction of sp³-hybridized carbons (Fsp3) is 0.222. The summed E-state index contributed by atoms with van der Waals surface area (Å²) in [7, 11) is 0. The molecule has 2 aromatic carbocycles. The van der Waals surface area contributed by atoms with Gasteiger partial charge in [0.1, 0.15) is 6.04 Å². The minimum Gasteiger partial charge on any atom is -0.463 e. The Morgan fingerprint density at radius 1 is 1.09 bits per heavy atom. The van der Waals surface area contributed by atoms with Gasteiger partial charge >= 0.3 is 5.97 Å². The van der Waals surface area contributed by atoms with Crippen molar-refractivity contribution in [3.8, 4) is 0 Å². The zero-order valence-corrected chi connectivity index (χ0v) is 12.3. The third kappa shape index (κ3) is 2.86. The average molecular weight is 295 g/mol. The van der Waals surface area contributed by atoms with Crippen molar-refractivity contribution in [2.45, 2.75) is 19.1 Å². The molecule has 0 saturated heterocycles. The maximum atomic E-state index is 12.2. The monoisotopic (exact) mass is 295 g/mol. The van der Waals surface area contributed by atoms with Gasteiger partial charge in [0.15, 0.2) is 0 Å². The van der Waals surface area contributed by atoms with Gasteiger partial charge in [-0.3, -0.25) is 0 Å². The second-order valence-electron chi connectivity index (χ2n) is 4.95. The van der Waals surface area contributed by atoms with E-state index in [1.165, 1.54) is 0 Å². The van der Waals surface area contributed by atoms with Crippen LogP contribution in [-0.2, 0) is 14.3 Å². The molecule has 3 rings (SSSR count). The molecule has 0 aromatic heterocycles. The molecule has 1 aliphatic heterocycles. The fourth-order valence-electron chi connectivity index (χ4n) is 2.43. The van der Waals surface area contributed by atoms with Crippen LogP contribution in [0, 0.1) is 0 Å². The molecule has 4 heteroatoms. The smallest absolute Gasteiger partial charge is 0.350 e. The van der Waals surface area contributed by atoms with Crippen LogP contribution < -0.4 is 0 Å². The molecule has 0 unspecified atom stereocenters. The SMILES string of the molecule is CCOC(=O)[C@H]1OC(c2ccccc2)=N[C@H]1c1ccccc1. The van der Waals surface area contributed by atoms with Crippen molar-refractivity contribution in [3.05, 3.63) is 71.8 Å². The molecule has 2 atom stereocenters. The molecule has 4 nitrogen and oxygen atoms in total. The lowest BCUT2D eigenvalue weighted by molar-refractivity contribution is -0.152. The summed E-state index contributed by atoms with van der Waals surface area (Å²) in [5.41, 5.74) is 1.79. The van der Waals surface area contributed by atoms with Gasteiger partial charge < -0.3 is 9.47 Å². The molecule has 0 radical (unpaired) electrons. The van der Waals surface area contributed by atoms with E-state index in [0.29, 0.717) is 12.5 Å². The molecular formula is C18H17NO3. The van der Waals surface area contributed by atoms with Crippen LogP contribution in [0.2, 0.25) is 0 Å². The first-order chi connectivity index (χ1) is 10.8. The zero-order chi connectivity index (χ0) is 15.4. The van der Waals surface area contributed by atoms with Crippen molar-refractivity contribution in [3.63, 3.8) is 0 Å². The highest BCUT2D eigenvalue weighted by molar-refractivity contribution is 5.98. The van der Waals surface area contributed by atoms with Gasteiger partial charge in [-0.25, -0.2) is 9.79 Å². The quantitative estimate of drug-likeness (QED) is 0.814. The largest absolute Gasteiger partial charge is 0.463 e. The standard InChI is InChI=1S/C18H17NO3/c1-2-21-18(20)16-15(13-9-5-3-6-10-13)19-17(22-16)14-11-7-4-8-12-14/h3-12,15-16H,2H2,1H3/t15-,16-/m0/s1. The van der Waals surface area contributed by atoms with Crippen molar-refractivity contribution in [2.24, 2.45) is 4.99 Å². The molecule has 0 fully saturated rings. The van der Waals surface area contributed by atoms with Crippen LogP contribution in [0.25, 0.3) is 0 Å². The Balaban J connectivity index is 1.94. The Morgan fingerprint density at radius 2 is 1.73 bits per heavy atom. The summed E-state index contributed by atoms with van der Waals surface area (Å²) in [6.45, 7) is 2.10. The second kappa shape index (κ2) is 6.43. The lowest BCUT2D eigenvalue weighted by atomic mass is 10.0. The van der Waals surface area contributed by atoms with Crippen LogP contribution in [0.15, 0.2) is 65.7 Å². The van der Waals surface area contributed by atoms with Crippen LogP contribution in [0.1, 0.15) is 24.1 Å². The van der Waals surface area contributed by atoms with Crippen LogP contribution >= 0.6 is 0 Å². The van der Waals surface area contributed by atoms with E-state index >= 15 is 0 Å². The Morgan fingerprint density at radius 3 is 2.36 bits per heavy atom. The van der Waals surface area contributed by atoms with Crippen molar-refractivity contribution in [1.82, 2.24) is 0 Å². The molecule has 112 valence electrons. The summed E-state index contributed by atoms with van der Waals surface area (Å²) in [4.78, 5) is 16.8. The maximum Gasteiger partial charge on any atom is 0.350 e. The predicted octanol–water partition coefficient (Wildman–Crippen LogP) is 3.14. The van der Waals surface area contributed by atoms with Crippen LogP contribution in [0.4, 0.5) is 0 Å². The molecule has 22 heavy (non-hydrogen) atoms. The van der Waals surface area contributed by atoms with Crippen LogP contribution in [-0.4, -0.2) is 24.6 Å². The van der Waals surface area contributed by atoms with E-state index in [-0.39, 0.29) is 12.0 Å². The number of rotatable bonds is 4. The number of ether oxygens (including phenoxy) is 2. The van der Waals surface area contributed by atoms with Crippen molar-refractivity contribution in [2.75, 3.05) is 6.61 Å². The molecule has 1 aliphatic rings. The molecule has 0 aliphatic carbocycles. The second-order valence-corrected chi connectivity index (χ2v) is 4.95. The number of hydrogen-bond donors (Lipinski definition) is 0. The van der Waals surface area contributed by atoms with E-state index in [4.69, 9.17) is 9.47 Å². The van der Waals surface area contributed by atoms with Gasteiger partial charge in [0, 0.05) is 5.56 Å². The summed E-state index contributed by atoms with van der Waals surface area (Å²) in [6.07, 6.45) is -0.738. The Kier molecular flexibility index (Phi) is 4.19. The third-order valence-corrected chi connectivity index (χ3v) is 3.46. The molecule has 0 bridgehead atoms. The van der Waals surface area contributed by atoms with E-state index in [2.05, 4.69) is 4.99 Å². The first-order valence-electron chi connectivity index (χ1n) is 7.31. The van der Waals surface area contributed by atoms with E-state index < -0.39 is 6.10 Å². The van der Waals surface area contributed by atoms with E-state index in [9.17, 15) is 4.79 Å².